The summed E-state index contributed by atoms with van der Waals surface area (Å²) in [5.41, 5.74) is 9.29. The van der Waals surface area contributed by atoms with Crippen molar-refractivity contribution >= 4 is 5.69 Å². The Morgan fingerprint density at radius 1 is 1.37 bits per heavy atom. The number of ether oxygens (including phenoxy) is 1. The van der Waals surface area contributed by atoms with Gasteiger partial charge >= 0.3 is 0 Å². The molecular formula is C15H16N2O2. The number of aromatic nitrogens is 1. The van der Waals surface area contributed by atoms with Crippen molar-refractivity contribution in [2.24, 2.45) is 0 Å². The molecule has 98 valence electrons. The molecule has 0 amide bonds. The van der Waals surface area contributed by atoms with Crippen molar-refractivity contribution in [1.29, 1.82) is 0 Å². The molecule has 4 nitrogen and oxygen atoms in total. The number of benzene rings is 1. The number of hydrogen-bond acceptors (Lipinski definition) is 4. The standard InChI is InChI=1S/C15H16N2O2/c1-15(9-18)8-11-6-13(16)12(7-14(11)19-15)10-2-4-17-5-3-10/h2-7,18H,8-9,16H2,1H3. The monoisotopic (exact) mass is 256 g/mol. The molecule has 1 atom stereocenters. The van der Waals surface area contributed by atoms with Gasteiger partial charge in [-0.15, -0.1) is 0 Å². The average molecular weight is 256 g/mol. The normalized spacial score (nSPS) is 20.9. The number of nitrogens with two attached hydrogens (primary N) is 1. The number of fused-ring (bicyclic) bond motifs is 1. The fourth-order valence-electron chi connectivity index (χ4n) is 2.45. The minimum Gasteiger partial charge on any atom is -0.485 e. The summed E-state index contributed by atoms with van der Waals surface area (Å²) in [6, 6.07) is 7.71. The van der Waals surface area contributed by atoms with Crippen molar-refractivity contribution in [3.63, 3.8) is 0 Å². The third-order valence-electron chi connectivity index (χ3n) is 3.48. The van der Waals surface area contributed by atoms with Gasteiger partial charge in [-0.25, -0.2) is 0 Å². The van der Waals surface area contributed by atoms with Crippen LogP contribution in [0.1, 0.15) is 12.5 Å². The van der Waals surface area contributed by atoms with Crippen molar-refractivity contribution in [3.05, 3.63) is 42.2 Å². The van der Waals surface area contributed by atoms with Crippen LogP contribution in [0.4, 0.5) is 5.69 Å². The van der Waals surface area contributed by atoms with Gasteiger partial charge in [-0.05, 0) is 36.8 Å². The zero-order valence-corrected chi connectivity index (χ0v) is 10.8. The molecule has 1 unspecified atom stereocenters. The van der Waals surface area contributed by atoms with Crippen LogP contribution in [0.25, 0.3) is 11.1 Å². The van der Waals surface area contributed by atoms with Gasteiger partial charge in [0, 0.05) is 35.6 Å². The molecule has 0 fully saturated rings. The number of anilines is 1. The second-order valence-corrected chi connectivity index (χ2v) is 5.17. The summed E-state index contributed by atoms with van der Waals surface area (Å²) in [6.07, 6.45) is 4.15. The fourth-order valence-corrected chi connectivity index (χ4v) is 2.45. The molecular weight excluding hydrogens is 240 g/mol. The van der Waals surface area contributed by atoms with Gasteiger partial charge in [0.15, 0.2) is 0 Å². The van der Waals surface area contributed by atoms with E-state index in [-0.39, 0.29) is 6.61 Å². The van der Waals surface area contributed by atoms with E-state index in [0.717, 1.165) is 28.1 Å². The lowest BCUT2D eigenvalue weighted by Gasteiger charge is -2.20. The number of nitrogen functional groups attached to an aromatic ring is 1. The number of hydrogen-bond donors (Lipinski definition) is 2. The second-order valence-electron chi connectivity index (χ2n) is 5.17. The van der Waals surface area contributed by atoms with Gasteiger partial charge in [-0.3, -0.25) is 4.98 Å². The number of aliphatic hydroxyl groups excluding tert-OH is 1. The molecule has 3 rings (SSSR count). The number of pyridine rings is 1. The first-order valence-corrected chi connectivity index (χ1v) is 6.24. The molecule has 1 aliphatic heterocycles. The average Bonchev–Trinajstić information content (AvgIpc) is 2.75. The predicted octanol–water partition coefficient (Wildman–Crippen LogP) is 2.02. The highest BCUT2D eigenvalue weighted by atomic mass is 16.5. The maximum absolute atomic E-state index is 9.39. The Hall–Kier alpha value is -2.07. The molecule has 1 aromatic carbocycles. The molecule has 2 aromatic rings. The summed E-state index contributed by atoms with van der Waals surface area (Å²) in [6.45, 7) is 1.89. The van der Waals surface area contributed by atoms with Crippen molar-refractivity contribution in [2.45, 2.75) is 18.9 Å². The van der Waals surface area contributed by atoms with E-state index in [1.54, 1.807) is 12.4 Å². The molecule has 2 heterocycles. The van der Waals surface area contributed by atoms with Crippen LogP contribution in [-0.4, -0.2) is 22.3 Å². The van der Waals surface area contributed by atoms with Gasteiger partial charge in [0.05, 0.1) is 6.61 Å². The largest absolute Gasteiger partial charge is 0.485 e. The van der Waals surface area contributed by atoms with Crippen LogP contribution in [0.3, 0.4) is 0 Å². The molecule has 0 spiro atoms. The Morgan fingerprint density at radius 3 is 2.79 bits per heavy atom. The minimum atomic E-state index is -0.536. The third kappa shape index (κ3) is 2.04. The second kappa shape index (κ2) is 4.24. The quantitative estimate of drug-likeness (QED) is 0.807. The van der Waals surface area contributed by atoms with Crippen LogP contribution in [0.5, 0.6) is 5.75 Å². The van der Waals surface area contributed by atoms with Gasteiger partial charge in [-0.2, -0.15) is 0 Å². The third-order valence-corrected chi connectivity index (χ3v) is 3.48. The van der Waals surface area contributed by atoms with E-state index >= 15 is 0 Å². The molecule has 0 saturated heterocycles. The summed E-state index contributed by atoms with van der Waals surface area (Å²) in [5.74, 6) is 0.803. The first-order chi connectivity index (χ1) is 9.11. The van der Waals surface area contributed by atoms with Crippen LogP contribution in [0.2, 0.25) is 0 Å². The van der Waals surface area contributed by atoms with Crippen LogP contribution in [0.15, 0.2) is 36.7 Å². The lowest BCUT2D eigenvalue weighted by molar-refractivity contribution is 0.0447. The summed E-state index contributed by atoms with van der Waals surface area (Å²) < 4.78 is 5.84. The molecule has 0 aliphatic carbocycles. The molecule has 0 bridgehead atoms. The Kier molecular flexibility index (Phi) is 2.68. The van der Waals surface area contributed by atoms with E-state index in [0.29, 0.717) is 6.42 Å². The Bertz CT molecular complexity index is 613. The summed E-state index contributed by atoms with van der Waals surface area (Å²) in [5, 5.41) is 9.39. The first-order valence-electron chi connectivity index (χ1n) is 6.24. The van der Waals surface area contributed by atoms with E-state index < -0.39 is 5.60 Å². The highest BCUT2D eigenvalue weighted by Crippen LogP contribution is 2.40. The smallest absolute Gasteiger partial charge is 0.133 e. The molecule has 1 aromatic heterocycles. The minimum absolute atomic E-state index is 0.00776. The van der Waals surface area contributed by atoms with Crippen molar-refractivity contribution in [2.75, 3.05) is 12.3 Å². The molecule has 4 heteroatoms. The zero-order chi connectivity index (χ0) is 13.5. The van der Waals surface area contributed by atoms with Gasteiger partial charge < -0.3 is 15.6 Å². The number of rotatable bonds is 2. The summed E-state index contributed by atoms with van der Waals surface area (Å²) >= 11 is 0. The highest BCUT2D eigenvalue weighted by molar-refractivity contribution is 5.78. The van der Waals surface area contributed by atoms with Crippen molar-refractivity contribution in [3.8, 4) is 16.9 Å². The summed E-state index contributed by atoms with van der Waals surface area (Å²) in [4.78, 5) is 4.00. The number of aliphatic hydroxyl groups is 1. The first kappa shape index (κ1) is 12.0. The molecule has 1 aliphatic rings. The van der Waals surface area contributed by atoms with Gasteiger partial charge in [0.1, 0.15) is 11.4 Å². The van der Waals surface area contributed by atoms with Crippen LogP contribution in [0, 0.1) is 0 Å². The van der Waals surface area contributed by atoms with E-state index in [2.05, 4.69) is 4.98 Å². The maximum Gasteiger partial charge on any atom is 0.133 e. The zero-order valence-electron chi connectivity index (χ0n) is 10.8. The lowest BCUT2D eigenvalue weighted by Crippen LogP contribution is -2.34. The SMILES string of the molecule is CC1(CO)Cc2cc(N)c(-c3ccncc3)cc2O1. The number of nitrogens with zero attached hydrogens (tertiary/aromatic N) is 1. The van der Waals surface area contributed by atoms with Gasteiger partial charge in [0.2, 0.25) is 0 Å². The maximum atomic E-state index is 9.39. The van der Waals surface area contributed by atoms with Crippen molar-refractivity contribution in [1.82, 2.24) is 4.98 Å². The molecule has 19 heavy (non-hydrogen) atoms. The Labute approximate surface area is 111 Å². The molecule has 0 radical (unpaired) electrons. The van der Waals surface area contributed by atoms with Gasteiger partial charge in [-0.1, -0.05) is 0 Å². The Morgan fingerprint density at radius 2 is 2.11 bits per heavy atom. The fraction of sp³-hybridized carbons (Fsp3) is 0.267. The van der Waals surface area contributed by atoms with E-state index in [1.807, 2.05) is 31.2 Å². The van der Waals surface area contributed by atoms with E-state index in [4.69, 9.17) is 10.5 Å². The van der Waals surface area contributed by atoms with Crippen LogP contribution in [-0.2, 0) is 6.42 Å². The molecule has 3 N–H and O–H groups in total. The highest BCUT2D eigenvalue weighted by Gasteiger charge is 2.34. The Balaban J connectivity index is 2.06. The van der Waals surface area contributed by atoms with Crippen LogP contribution >= 0.6 is 0 Å². The molecule has 0 saturated carbocycles. The van der Waals surface area contributed by atoms with Crippen LogP contribution < -0.4 is 10.5 Å². The lowest BCUT2D eigenvalue weighted by atomic mass is 9.97. The van der Waals surface area contributed by atoms with E-state index in [1.165, 1.54) is 0 Å². The van der Waals surface area contributed by atoms with Crippen molar-refractivity contribution < 1.29 is 9.84 Å². The summed E-state index contributed by atoms with van der Waals surface area (Å²) in [7, 11) is 0. The topological polar surface area (TPSA) is 68.4 Å². The van der Waals surface area contributed by atoms with E-state index in [9.17, 15) is 5.11 Å². The van der Waals surface area contributed by atoms with Gasteiger partial charge in [0.25, 0.3) is 0 Å². The predicted molar refractivity (Wildman–Crippen MR) is 73.9 cm³/mol.